The molecule has 0 saturated carbocycles. The van der Waals surface area contributed by atoms with Gasteiger partial charge in [-0.3, -0.25) is 10.3 Å². The smallest absolute Gasteiger partial charge is 0.411 e. The van der Waals surface area contributed by atoms with Gasteiger partial charge in [0.1, 0.15) is 5.69 Å². The summed E-state index contributed by atoms with van der Waals surface area (Å²) in [5.74, 6) is 0.531. The molecule has 0 spiro atoms. The minimum atomic E-state index is -1.16. The number of nitrogens with zero attached hydrogens (tertiary/aromatic N) is 2. The first-order valence-corrected chi connectivity index (χ1v) is 7.37. The molecule has 0 radical (unpaired) electrons. The van der Waals surface area contributed by atoms with E-state index in [1.165, 1.54) is 0 Å². The number of nitrogens with one attached hydrogen (secondary N) is 1. The molecule has 0 aliphatic carbocycles. The number of hydrogen-bond acceptors (Lipinski definition) is 4. The summed E-state index contributed by atoms with van der Waals surface area (Å²) in [6.07, 6.45) is 3.04. The van der Waals surface area contributed by atoms with Crippen LogP contribution in [0.15, 0.2) is 41.2 Å². The lowest BCUT2D eigenvalue weighted by molar-refractivity contribution is 0.208. The van der Waals surface area contributed by atoms with Gasteiger partial charge in [0.25, 0.3) is 0 Å². The monoisotopic (exact) mass is 311 g/mol. The number of fused-ring (bicyclic) bond motifs is 1. The van der Waals surface area contributed by atoms with Crippen molar-refractivity contribution < 1.29 is 14.4 Å². The van der Waals surface area contributed by atoms with Gasteiger partial charge >= 0.3 is 6.09 Å². The van der Waals surface area contributed by atoms with Gasteiger partial charge in [-0.15, -0.1) is 0 Å². The van der Waals surface area contributed by atoms with Gasteiger partial charge in [-0.1, -0.05) is 31.1 Å². The van der Waals surface area contributed by atoms with Crippen LogP contribution in [0.2, 0.25) is 0 Å². The average molecular weight is 311 g/mol. The Morgan fingerprint density at radius 1 is 1.30 bits per heavy atom. The number of pyridine rings is 1. The molecule has 0 bridgehead atoms. The van der Waals surface area contributed by atoms with Crippen molar-refractivity contribution in [2.24, 2.45) is 5.92 Å². The Hall–Kier alpha value is -2.89. The van der Waals surface area contributed by atoms with Crippen LogP contribution in [-0.4, -0.2) is 21.3 Å². The average Bonchev–Trinajstić information content (AvgIpc) is 2.88. The van der Waals surface area contributed by atoms with E-state index in [9.17, 15) is 4.79 Å². The zero-order chi connectivity index (χ0) is 16.4. The van der Waals surface area contributed by atoms with E-state index in [2.05, 4.69) is 29.3 Å². The first kappa shape index (κ1) is 15.0. The SMILES string of the molecule is CC(C)Cc1c(-c2ccc3cnccc3c2)noc1NC(=O)O. The number of aromatic nitrogens is 2. The third-order valence-corrected chi connectivity index (χ3v) is 3.53. The topological polar surface area (TPSA) is 88.3 Å². The number of benzene rings is 1. The quantitative estimate of drug-likeness (QED) is 0.754. The third kappa shape index (κ3) is 3.15. The zero-order valence-electron chi connectivity index (χ0n) is 12.9. The Kier molecular flexibility index (Phi) is 3.97. The van der Waals surface area contributed by atoms with Gasteiger partial charge in [0.2, 0.25) is 5.88 Å². The van der Waals surface area contributed by atoms with Crippen LogP contribution in [0, 0.1) is 5.92 Å². The van der Waals surface area contributed by atoms with Crippen molar-refractivity contribution in [1.82, 2.24) is 10.1 Å². The largest absolute Gasteiger partial charge is 0.465 e. The molecule has 2 aromatic heterocycles. The summed E-state index contributed by atoms with van der Waals surface area (Å²) < 4.78 is 5.22. The van der Waals surface area contributed by atoms with E-state index in [0.29, 0.717) is 18.0 Å². The van der Waals surface area contributed by atoms with Crippen LogP contribution < -0.4 is 5.32 Å². The predicted molar refractivity (Wildman–Crippen MR) is 87.4 cm³/mol. The molecule has 0 aliphatic heterocycles. The number of carboxylic acid groups (broad SMARTS) is 1. The molecule has 0 unspecified atom stereocenters. The Labute approximate surface area is 133 Å². The molecule has 3 rings (SSSR count). The van der Waals surface area contributed by atoms with Crippen molar-refractivity contribution in [3.63, 3.8) is 0 Å². The van der Waals surface area contributed by atoms with Crippen LogP contribution in [0.4, 0.5) is 10.7 Å². The molecule has 1 aromatic carbocycles. The van der Waals surface area contributed by atoms with Crippen LogP contribution in [0.1, 0.15) is 19.4 Å². The number of amides is 1. The molecule has 23 heavy (non-hydrogen) atoms. The van der Waals surface area contributed by atoms with Crippen molar-refractivity contribution in [3.05, 3.63) is 42.2 Å². The van der Waals surface area contributed by atoms with Crippen LogP contribution >= 0.6 is 0 Å². The molecular weight excluding hydrogens is 294 g/mol. The van der Waals surface area contributed by atoms with Gasteiger partial charge in [0.15, 0.2) is 0 Å². The fourth-order valence-electron chi connectivity index (χ4n) is 2.56. The van der Waals surface area contributed by atoms with Gasteiger partial charge in [-0.25, -0.2) is 4.79 Å². The van der Waals surface area contributed by atoms with Gasteiger partial charge in [-0.05, 0) is 29.9 Å². The van der Waals surface area contributed by atoms with E-state index >= 15 is 0 Å². The standard InChI is InChI=1S/C17H17N3O3/c1-10(2)7-14-15(20-23-16(14)19-17(21)22)12-3-4-13-9-18-6-5-11(13)8-12/h3-6,8-10,19H,7H2,1-2H3,(H,21,22). The van der Waals surface area contributed by atoms with Crippen molar-refractivity contribution in [2.45, 2.75) is 20.3 Å². The van der Waals surface area contributed by atoms with Gasteiger partial charge < -0.3 is 9.63 Å². The van der Waals surface area contributed by atoms with E-state index in [0.717, 1.165) is 21.9 Å². The predicted octanol–water partition coefficient (Wildman–Crippen LogP) is 4.18. The van der Waals surface area contributed by atoms with Crippen molar-refractivity contribution in [1.29, 1.82) is 0 Å². The first-order valence-electron chi connectivity index (χ1n) is 7.37. The van der Waals surface area contributed by atoms with Crippen LogP contribution in [0.5, 0.6) is 0 Å². The van der Waals surface area contributed by atoms with Gasteiger partial charge in [0.05, 0.1) is 0 Å². The Morgan fingerprint density at radius 3 is 2.87 bits per heavy atom. The normalized spacial score (nSPS) is 11.1. The van der Waals surface area contributed by atoms with E-state index in [4.69, 9.17) is 9.63 Å². The summed E-state index contributed by atoms with van der Waals surface area (Å²) in [6.45, 7) is 4.13. The maximum absolute atomic E-state index is 10.9. The lowest BCUT2D eigenvalue weighted by Gasteiger charge is -2.07. The lowest BCUT2D eigenvalue weighted by Crippen LogP contribution is -2.09. The Balaban J connectivity index is 2.09. The molecule has 118 valence electrons. The molecule has 0 saturated heterocycles. The molecule has 3 aromatic rings. The summed E-state index contributed by atoms with van der Waals surface area (Å²) in [4.78, 5) is 15.0. The van der Waals surface area contributed by atoms with Crippen LogP contribution in [0.3, 0.4) is 0 Å². The van der Waals surface area contributed by atoms with Crippen molar-refractivity contribution in [2.75, 3.05) is 5.32 Å². The highest BCUT2D eigenvalue weighted by molar-refractivity contribution is 5.88. The van der Waals surface area contributed by atoms with Crippen molar-refractivity contribution >= 4 is 22.7 Å². The number of carbonyl (C=O) groups is 1. The summed E-state index contributed by atoms with van der Waals surface area (Å²) in [5, 5.41) is 17.4. The zero-order valence-corrected chi connectivity index (χ0v) is 12.9. The molecular formula is C17H17N3O3. The maximum atomic E-state index is 10.9. The number of anilines is 1. The van der Waals surface area contributed by atoms with E-state index in [-0.39, 0.29) is 5.88 Å². The van der Waals surface area contributed by atoms with Gasteiger partial charge in [0, 0.05) is 28.9 Å². The summed E-state index contributed by atoms with van der Waals surface area (Å²) in [5.41, 5.74) is 2.33. The minimum absolute atomic E-state index is 0.191. The highest BCUT2D eigenvalue weighted by Gasteiger charge is 2.20. The third-order valence-electron chi connectivity index (χ3n) is 3.53. The molecule has 0 fully saturated rings. The highest BCUT2D eigenvalue weighted by Crippen LogP contribution is 2.32. The highest BCUT2D eigenvalue weighted by atomic mass is 16.5. The number of hydrogen-bond donors (Lipinski definition) is 2. The second kappa shape index (κ2) is 6.08. The lowest BCUT2D eigenvalue weighted by atomic mass is 9.98. The van der Waals surface area contributed by atoms with Crippen LogP contribution in [-0.2, 0) is 6.42 Å². The maximum Gasteiger partial charge on any atom is 0.411 e. The molecule has 2 heterocycles. The molecule has 0 atom stereocenters. The van der Waals surface area contributed by atoms with Crippen molar-refractivity contribution in [3.8, 4) is 11.3 Å². The molecule has 6 heteroatoms. The fourth-order valence-corrected chi connectivity index (χ4v) is 2.56. The summed E-state index contributed by atoms with van der Waals surface area (Å²) in [6, 6.07) is 7.84. The molecule has 6 nitrogen and oxygen atoms in total. The van der Waals surface area contributed by atoms with E-state index in [1.807, 2.05) is 24.3 Å². The summed E-state index contributed by atoms with van der Waals surface area (Å²) in [7, 11) is 0. The second-order valence-corrected chi connectivity index (χ2v) is 5.80. The Bertz CT molecular complexity index is 855. The van der Waals surface area contributed by atoms with Gasteiger partial charge in [-0.2, -0.15) is 0 Å². The second-order valence-electron chi connectivity index (χ2n) is 5.80. The summed E-state index contributed by atoms with van der Waals surface area (Å²) >= 11 is 0. The minimum Gasteiger partial charge on any atom is -0.465 e. The van der Waals surface area contributed by atoms with E-state index < -0.39 is 6.09 Å². The van der Waals surface area contributed by atoms with E-state index in [1.54, 1.807) is 12.4 Å². The molecule has 0 aliphatic rings. The fraction of sp³-hybridized carbons (Fsp3) is 0.235. The number of rotatable bonds is 4. The molecule has 2 N–H and O–H groups in total. The first-order chi connectivity index (χ1) is 11.0. The van der Waals surface area contributed by atoms with Crippen LogP contribution in [0.25, 0.3) is 22.0 Å². The Morgan fingerprint density at radius 2 is 2.13 bits per heavy atom. The molecule has 1 amide bonds.